The van der Waals surface area contributed by atoms with Gasteiger partial charge in [0, 0.05) is 16.3 Å². The van der Waals surface area contributed by atoms with Crippen molar-refractivity contribution in [2.24, 2.45) is 23.7 Å². The van der Waals surface area contributed by atoms with E-state index in [9.17, 15) is 19.8 Å². The first-order valence-electron chi connectivity index (χ1n) is 7.60. The predicted molar refractivity (Wildman–Crippen MR) is 86.5 cm³/mol. The number of halogens is 1. The second-order valence-corrected chi connectivity index (χ2v) is 7.37. The molecule has 4 aliphatic rings. The minimum Gasteiger partial charge on any atom is -0.390 e. The second-order valence-electron chi connectivity index (χ2n) is 6.52. The second kappa shape index (κ2) is 5.00. The molecule has 1 saturated heterocycles. The van der Waals surface area contributed by atoms with Crippen LogP contribution in [0.1, 0.15) is 5.56 Å². The quantitative estimate of drug-likeness (QED) is 0.572. The summed E-state index contributed by atoms with van der Waals surface area (Å²) in [5.74, 6) is -2.74. The molecule has 2 fully saturated rings. The van der Waals surface area contributed by atoms with E-state index in [1.54, 1.807) is 24.3 Å². The molecule has 5 rings (SSSR count). The van der Waals surface area contributed by atoms with E-state index in [-0.39, 0.29) is 11.8 Å². The van der Waals surface area contributed by atoms with Crippen molar-refractivity contribution in [1.82, 2.24) is 0 Å². The average molecular weight is 378 g/mol. The number of carbonyl (C=O) groups is 2. The average Bonchev–Trinajstić information content (AvgIpc) is 2.80. The zero-order chi connectivity index (χ0) is 16.5. The van der Waals surface area contributed by atoms with Gasteiger partial charge >= 0.3 is 0 Å². The van der Waals surface area contributed by atoms with Crippen molar-refractivity contribution >= 4 is 33.4 Å². The number of anilines is 1. The van der Waals surface area contributed by atoms with Crippen molar-refractivity contribution in [2.75, 3.05) is 4.90 Å². The first kappa shape index (κ1) is 15.1. The van der Waals surface area contributed by atoms with Gasteiger partial charge < -0.3 is 10.2 Å². The van der Waals surface area contributed by atoms with Gasteiger partial charge in [0.25, 0.3) is 0 Å². The van der Waals surface area contributed by atoms with Crippen LogP contribution >= 0.6 is 15.9 Å². The lowest BCUT2D eigenvalue weighted by molar-refractivity contribution is -0.142. The Hall–Kier alpha value is -1.50. The van der Waals surface area contributed by atoms with Crippen LogP contribution in [0.4, 0.5) is 5.69 Å². The SMILES string of the molecule is Cc1cc(N2C(=O)[C@@H]3[C@@H]4C=C[C@@H]([C@H](O)[C@@H]4O)[C@@H]3C2=O)ccc1Br. The van der Waals surface area contributed by atoms with E-state index in [1.807, 2.05) is 13.0 Å². The molecule has 2 amide bonds. The number of aliphatic hydroxyl groups is 2. The number of hydrogen-bond acceptors (Lipinski definition) is 4. The summed E-state index contributed by atoms with van der Waals surface area (Å²) in [4.78, 5) is 26.9. The highest BCUT2D eigenvalue weighted by atomic mass is 79.9. The summed E-state index contributed by atoms with van der Waals surface area (Å²) in [5, 5.41) is 20.3. The maximum atomic E-state index is 12.9. The summed E-state index contributed by atoms with van der Waals surface area (Å²) in [6, 6.07) is 5.33. The molecule has 0 aromatic heterocycles. The van der Waals surface area contributed by atoms with Crippen LogP contribution in [0, 0.1) is 30.6 Å². The predicted octanol–water partition coefficient (Wildman–Crippen LogP) is 1.40. The van der Waals surface area contributed by atoms with Crippen LogP contribution in [0.5, 0.6) is 0 Å². The molecule has 1 aliphatic heterocycles. The van der Waals surface area contributed by atoms with Crippen LogP contribution in [0.3, 0.4) is 0 Å². The standard InChI is InChI=1S/C17H16BrNO4/c1-7-6-8(2-5-11(7)18)19-16(22)12-9-3-4-10(13(12)17(19)23)15(21)14(9)20/h2-6,9-10,12-15,20-21H,1H3/t9-,10+,12+,13-,14+,15-. The van der Waals surface area contributed by atoms with Crippen LogP contribution in [-0.2, 0) is 9.59 Å². The number of aryl methyl sites for hydroxylation is 1. The summed E-state index contributed by atoms with van der Waals surface area (Å²) in [7, 11) is 0. The molecule has 6 atom stereocenters. The lowest BCUT2D eigenvalue weighted by atomic mass is 9.60. The fraction of sp³-hybridized carbons (Fsp3) is 0.412. The molecule has 1 aromatic rings. The Bertz CT molecular complexity index is 710. The minimum absolute atomic E-state index is 0.285. The van der Waals surface area contributed by atoms with Crippen LogP contribution in [0.2, 0.25) is 0 Å². The molecular formula is C17H16BrNO4. The lowest BCUT2D eigenvalue weighted by Crippen LogP contribution is -2.55. The number of nitrogens with zero attached hydrogens (tertiary/aromatic N) is 1. The van der Waals surface area contributed by atoms with Gasteiger partial charge in [-0.25, -0.2) is 0 Å². The van der Waals surface area contributed by atoms with Crippen molar-refractivity contribution in [3.8, 4) is 0 Å². The summed E-state index contributed by atoms with van der Waals surface area (Å²) in [6.45, 7) is 1.89. The van der Waals surface area contributed by atoms with E-state index >= 15 is 0 Å². The smallest absolute Gasteiger partial charge is 0.238 e. The van der Waals surface area contributed by atoms with Crippen LogP contribution in [0.15, 0.2) is 34.8 Å². The molecule has 23 heavy (non-hydrogen) atoms. The lowest BCUT2D eigenvalue weighted by Gasteiger charge is -2.45. The first-order valence-corrected chi connectivity index (χ1v) is 8.39. The minimum atomic E-state index is -0.991. The molecule has 6 heteroatoms. The summed E-state index contributed by atoms with van der Waals surface area (Å²) in [5.41, 5.74) is 1.47. The first-order chi connectivity index (χ1) is 10.9. The Morgan fingerprint density at radius 3 is 2.00 bits per heavy atom. The highest BCUT2D eigenvalue weighted by molar-refractivity contribution is 9.10. The normalized spacial score (nSPS) is 38.3. The van der Waals surface area contributed by atoms with Gasteiger partial charge in [-0.3, -0.25) is 14.5 Å². The number of amides is 2. The number of hydrogen-bond donors (Lipinski definition) is 2. The number of aliphatic hydroxyl groups excluding tert-OH is 2. The van der Waals surface area contributed by atoms with E-state index < -0.39 is 35.9 Å². The zero-order valence-corrected chi connectivity index (χ0v) is 14.0. The fourth-order valence-corrected chi connectivity index (χ4v) is 4.40. The van der Waals surface area contributed by atoms with Gasteiger partial charge in [0.05, 0.1) is 29.7 Å². The summed E-state index contributed by atoms with van der Waals surface area (Å²) >= 11 is 3.41. The molecule has 1 heterocycles. The molecule has 2 bridgehead atoms. The van der Waals surface area contributed by atoms with Crippen LogP contribution in [-0.4, -0.2) is 34.2 Å². The number of rotatable bonds is 1. The maximum Gasteiger partial charge on any atom is 0.238 e. The molecular weight excluding hydrogens is 362 g/mol. The van der Waals surface area contributed by atoms with Gasteiger partial charge in [-0.2, -0.15) is 0 Å². The topological polar surface area (TPSA) is 77.8 Å². The largest absolute Gasteiger partial charge is 0.390 e. The molecule has 3 aliphatic carbocycles. The molecule has 0 spiro atoms. The van der Waals surface area contributed by atoms with Crippen molar-refractivity contribution in [2.45, 2.75) is 19.1 Å². The fourth-order valence-electron chi connectivity index (χ4n) is 4.15. The van der Waals surface area contributed by atoms with Gasteiger partial charge in [-0.05, 0) is 30.7 Å². The Morgan fingerprint density at radius 1 is 1.00 bits per heavy atom. The van der Waals surface area contributed by atoms with Gasteiger partial charge in [0.15, 0.2) is 0 Å². The Balaban J connectivity index is 1.77. The molecule has 1 saturated carbocycles. The number of imide groups is 1. The highest BCUT2D eigenvalue weighted by Crippen LogP contribution is 2.50. The van der Waals surface area contributed by atoms with Gasteiger partial charge in [0.1, 0.15) is 0 Å². The van der Waals surface area contributed by atoms with Crippen LogP contribution in [0.25, 0.3) is 0 Å². The van der Waals surface area contributed by atoms with Crippen molar-refractivity contribution in [3.05, 3.63) is 40.4 Å². The molecule has 0 radical (unpaired) electrons. The molecule has 2 N–H and O–H groups in total. The van der Waals surface area contributed by atoms with Crippen molar-refractivity contribution in [3.63, 3.8) is 0 Å². The Kier molecular flexibility index (Phi) is 3.27. The molecule has 1 aromatic carbocycles. The molecule has 5 nitrogen and oxygen atoms in total. The number of carbonyl (C=O) groups excluding carboxylic acids is 2. The van der Waals surface area contributed by atoms with E-state index in [4.69, 9.17) is 0 Å². The Morgan fingerprint density at radius 2 is 1.52 bits per heavy atom. The van der Waals surface area contributed by atoms with Crippen LogP contribution < -0.4 is 4.90 Å². The van der Waals surface area contributed by atoms with Gasteiger partial charge in [-0.1, -0.05) is 28.1 Å². The van der Waals surface area contributed by atoms with Crippen molar-refractivity contribution < 1.29 is 19.8 Å². The maximum absolute atomic E-state index is 12.9. The number of fused-ring (bicyclic) bond motifs is 1. The van der Waals surface area contributed by atoms with E-state index in [1.165, 1.54) is 4.90 Å². The Labute approximate surface area is 141 Å². The van der Waals surface area contributed by atoms with Gasteiger partial charge in [-0.15, -0.1) is 0 Å². The number of benzene rings is 1. The molecule has 0 unspecified atom stereocenters. The summed E-state index contributed by atoms with van der Waals surface area (Å²) in [6.07, 6.45) is 1.55. The highest BCUT2D eigenvalue weighted by Gasteiger charge is 2.62. The third-order valence-electron chi connectivity index (χ3n) is 5.32. The van der Waals surface area contributed by atoms with E-state index in [0.29, 0.717) is 5.69 Å². The van der Waals surface area contributed by atoms with E-state index in [0.717, 1.165) is 10.0 Å². The summed E-state index contributed by atoms with van der Waals surface area (Å²) < 4.78 is 0.908. The molecule has 120 valence electrons. The zero-order valence-electron chi connectivity index (χ0n) is 12.4. The monoisotopic (exact) mass is 377 g/mol. The van der Waals surface area contributed by atoms with E-state index in [2.05, 4.69) is 15.9 Å². The third-order valence-corrected chi connectivity index (χ3v) is 6.21. The third kappa shape index (κ3) is 1.92. The van der Waals surface area contributed by atoms with Crippen molar-refractivity contribution in [1.29, 1.82) is 0 Å². The van der Waals surface area contributed by atoms with Gasteiger partial charge in [0.2, 0.25) is 11.8 Å².